The fourth-order valence-electron chi connectivity index (χ4n) is 2.82. The Morgan fingerprint density at radius 3 is 2.33 bits per heavy atom. The van der Waals surface area contributed by atoms with Crippen LogP contribution in [0.25, 0.3) is 0 Å². The van der Waals surface area contributed by atoms with E-state index in [1.807, 2.05) is 0 Å². The lowest BCUT2D eigenvalue weighted by atomic mass is 9.85. The van der Waals surface area contributed by atoms with Gasteiger partial charge >= 0.3 is 12.1 Å². The first kappa shape index (κ1) is 22.7. The van der Waals surface area contributed by atoms with E-state index in [1.165, 1.54) is 25.9 Å². The molecule has 1 unspecified atom stereocenters. The third kappa shape index (κ3) is 5.80. The van der Waals surface area contributed by atoms with Gasteiger partial charge in [0.2, 0.25) is 11.9 Å². The van der Waals surface area contributed by atoms with Gasteiger partial charge in [0.1, 0.15) is 12.1 Å². The minimum absolute atomic E-state index is 0.386. The number of hydrogen-bond acceptors (Lipinski definition) is 7. The number of alkyl carbamates (subject to hydrolysis) is 1. The highest BCUT2D eigenvalue weighted by molar-refractivity contribution is 5.90. The Labute approximate surface area is 158 Å². The van der Waals surface area contributed by atoms with E-state index < -0.39 is 52.5 Å². The number of amides is 2. The molecule has 0 spiro atoms. The molecule has 2 amide bonds. The van der Waals surface area contributed by atoms with Crippen molar-refractivity contribution in [2.24, 2.45) is 5.41 Å². The summed E-state index contributed by atoms with van der Waals surface area (Å²) < 4.78 is 9.81. The Balaban J connectivity index is 2.90. The zero-order chi connectivity index (χ0) is 20.9. The van der Waals surface area contributed by atoms with Crippen molar-refractivity contribution >= 4 is 18.0 Å². The van der Waals surface area contributed by atoms with Crippen molar-refractivity contribution in [3.63, 3.8) is 0 Å². The largest absolute Gasteiger partial charge is 0.467 e. The summed E-state index contributed by atoms with van der Waals surface area (Å²) in [5.74, 6) is -0.910. The van der Waals surface area contributed by atoms with Crippen LogP contribution < -0.4 is 5.32 Å². The quantitative estimate of drug-likeness (QED) is 0.414. The first-order valence-electron chi connectivity index (χ1n) is 8.89. The molecular formula is C17H29N3O7. The molecule has 1 fully saturated rings. The van der Waals surface area contributed by atoms with Crippen molar-refractivity contribution in [1.29, 1.82) is 0 Å². The van der Waals surface area contributed by atoms with Crippen LogP contribution in [0.2, 0.25) is 0 Å². The fourth-order valence-corrected chi connectivity index (χ4v) is 2.82. The van der Waals surface area contributed by atoms with Crippen LogP contribution in [0.3, 0.4) is 0 Å². The molecule has 10 heteroatoms. The van der Waals surface area contributed by atoms with E-state index in [-0.39, 0.29) is 0 Å². The lowest BCUT2D eigenvalue weighted by molar-refractivity contribution is -0.528. The van der Waals surface area contributed by atoms with Gasteiger partial charge in [-0.1, -0.05) is 20.8 Å². The smallest absolute Gasteiger partial charge is 0.408 e. The van der Waals surface area contributed by atoms with E-state index in [0.717, 1.165) is 0 Å². The topological polar surface area (TPSA) is 128 Å². The number of nitrogens with zero attached hydrogens (tertiary/aromatic N) is 2. The van der Waals surface area contributed by atoms with Crippen molar-refractivity contribution in [3.05, 3.63) is 10.1 Å². The second-order valence-corrected chi connectivity index (χ2v) is 7.79. The molecule has 0 radical (unpaired) electrons. The highest BCUT2D eigenvalue weighted by atomic mass is 16.6. The molecule has 1 rings (SSSR count). The SMILES string of the molecule is COC(=O)[C@@H]1CCCN1C(=O)[C@@H](NC(=O)O[C@@H](C)C(C)[N+](=O)[O-])C(C)(C)C. The number of esters is 1. The van der Waals surface area contributed by atoms with E-state index in [4.69, 9.17) is 9.47 Å². The van der Waals surface area contributed by atoms with E-state index in [0.29, 0.717) is 19.4 Å². The average Bonchev–Trinajstić information content (AvgIpc) is 3.06. The predicted molar refractivity (Wildman–Crippen MR) is 95.5 cm³/mol. The van der Waals surface area contributed by atoms with Crippen molar-refractivity contribution in [2.45, 2.75) is 71.7 Å². The van der Waals surface area contributed by atoms with E-state index in [1.54, 1.807) is 20.8 Å². The van der Waals surface area contributed by atoms with Gasteiger partial charge in [-0.05, 0) is 25.2 Å². The number of likely N-dealkylation sites (tertiary alicyclic amines) is 1. The molecule has 27 heavy (non-hydrogen) atoms. The number of carbonyl (C=O) groups is 3. The lowest BCUT2D eigenvalue weighted by Crippen LogP contribution is -2.57. The predicted octanol–water partition coefficient (Wildman–Crippen LogP) is 1.34. The minimum Gasteiger partial charge on any atom is -0.467 e. The Kier molecular flexibility index (Phi) is 7.55. The van der Waals surface area contributed by atoms with E-state index in [9.17, 15) is 24.5 Å². The molecule has 1 heterocycles. The maximum absolute atomic E-state index is 13.0. The standard InChI is InChI=1S/C17H29N3O7/c1-10(20(24)25)11(2)27-16(23)18-13(17(3,4)5)14(21)19-9-7-8-12(19)15(22)26-6/h10-13H,7-9H2,1-6H3,(H,18,23)/t10?,11-,12-,13+/m0/s1. The van der Waals surface area contributed by atoms with Gasteiger partial charge < -0.3 is 19.7 Å². The summed E-state index contributed by atoms with van der Waals surface area (Å²) in [5.41, 5.74) is -0.669. The fraction of sp³-hybridized carbons (Fsp3) is 0.824. The number of rotatable bonds is 6. The summed E-state index contributed by atoms with van der Waals surface area (Å²) in [6, 6.07) is -2.73. The molecule has 4 atom stereocenters. The molecule has 1 aliphatic heterocycles. The summed E-state index contributed by atoms with van der Waals surface area (Å²) in [7, 11) is 1.26. The van der Waals surface area contributed by atoms with Crippen LogP contribution in [0.5, 0.6) is 0 Å². The normalized spacial score (nSPS) is 20.4. The van der Waals surface area contributed by atoms with Gasteiger partial charge in [0.25, 0.3) is 0 Å². The number of carbonyl (C=O) groups excluding carboxylic acids is 3. The molecule has 1 N–H and O–H groups in total. The van der Waals surface area contributed by atoms with Gasteiger partial charge in [-0.15, -0.1) is 0 Å². The monoisotopic (exact) mass is 387 g/mol. The number of ether oxygens (including phenoxy) is 2. The molecule has 1 saturated heterocycles. The summed E-state index contributed by atoms with van der Waals surface area (Å²) in [6.45, 7) is 8.42. The van der Waals surface area contributed by atoms with Crippen LogP contribution in [0.1, 0.15) is 47.5 Å². The molecular weight excluding hydrogens is 358 g/mol. The molecule has 10 nitrogen and oxygen atoms in total. The third-order valence-corrected chi connectivity index (χ3v) is 4.69. The maximum Gasteiger partial charge on any atom is 0.408 e. The summed E-state index contributed by atoms with van der Waals surface area (Å²) in [6.07, 6.45) is -0.731. The second kappa shape index (κ2) is 9.01. The minimum atomic E-state index is -1.08. The van der Waals surface area contributed by atoms with Crippen LogP contribution in [0.15, 0.2) is 0 Å². The zero-order valence-electron chi connectivity index (χ0n) is 16.7. The Morgan fingerprint density at radius 1 is 1.26 bits per heavy atom. The van der Waals surface area contributed by atoms with Crippen molar-refractivity contribution < 1.29 is 28.8 Å². The molecule has 154 valence electrons. The molecule has 0 aromatic heterocycles. The highest BCUT2D eigenvalue weighted by Gasteiger charge is 2.42. The molecule has 0 aromatic carbocycles. The Morgan fingerprint density at radius 2 is 1.85 bits per heavy atom. The van der Waals surface area contributed by atoms with Gasteiger partial charge in [-0.25, -0.2) is 9.59 Å². The second-order valence-electron chi connectivity index (χ2n) is 7.79. The molecule has 0 saturated carbocycles. The Bertz CT molecular complexity index is 588. The number of nitro groups is 1. The van der Waals surface area contributed by atoms with Gasteiger partial charge in [0.05, 0.1) is 7.11 Å². The van der Waals surface area contributed by atoms with Crippen LogP contribution in [-0.2, 0) is 19.1 Å². The average molecular weight is 387 g/mol. The lowest BCUT2D eigenvalue weighted by Gasteiger charge is -2.35. The summed E-state index contributed by atoms with van der Waals surface area (Å²) in [4.78, 5) is 48.8. The maximum atomic E-state index is 13.0. The number of nitrogens with one attached hydrogen (secondary N) is 1. The van der Waals surface area contributed by atoms with Gasteiger partial charge in [-0.2, -0.15) is 0 Å². The van der Waals surface area contributed by atoms with Crippen molar-refractivity contribution in [1.82, 2.24) is 10.2 Å². The van der Waals surface area contributed by atoms with Gasteiger partial charge in [0.15, 0.2) is 6.10 Å². The first-order valence-corrected chi connectivity index (χ1v) is 8.89. The summed E-state index contributed by atoms with van der Waals surface area (Å²) in [5, 5.41) is 13.3. The number of hydrogen-bond donors (Lipinski definition) is 1. The molecule has 0 aliphatic carbocycles. The summed E-state index contributed by atoms with van der Waals surface area (Å²) >= 11 is 0. The number of methoxy groups -OCH3 is 1. The van der Waals surface area contributed by atoms with Crippen LogP contribution in [0.4, 0.5) is 4.79 Å². The zero-order valence-corrected chi connectivity index (χ0v) is 16.7. The van der Waals surface area contributed by atoms with Crippen LogP contribution in [-0.4, -0.2) is 65.7 Å². The molecule has 0 aromatic rings. The molecule has 1 aliphatic rings. The third-order valence-electron chi connectivity index (χ3n) is 4.69. The van der Waals surface area contributed by atoms with E-state index >= 15 is 0 Å². The van der Waals surface area contributed by atoms with Crippen LogP contribution >= 0.6 is 0 Å². The first-order chi connectivity index (χ1) is 12.4. The van der Waals surface area contributed by atoms with Gasteiger partial charge in [0, 0.05) is 18.4 Å². The Hall–Kier alpha value is -2.39. The molecule has 0 bridgehead atoms. The van der Waals surface area contributed by atoms with Crippen molar-refractivity contribution in [3.8, 4) is 0 Å². The van der Waals surface area contributed by atoms with Gasteiger partial charge in [-0.3, -0.25) is 14.9 Å². The van der Waals surface area contributed by atoms with Crippen molar-refractivity contribution in [2.75, 3.05) is 13.7 Å². The van der Waals surface area contributed by atoms with E-state index in [2.05, 4.69) is 5.32 Å². The highest BCUT2D eigenvalue weighted by Crippen LogP contribution is 2.26. The van der Waals surface area contributed by atoms with Crippen LogP contribution in [0, 0.1) is 15.5 Å².